The van der Waals surface area contributed by atoms with E-state index in [1.54, 1.807) is 24.9 Å². The van der Waals surface area contributed by atoms with E-state index in [4.69, 9.17) is 4.74 Å². The predicted octanol–water partition coefficient (Wildman–Crippen LogP) is 2.53. The molecule has 0 bridgehead atoms. The van der Waals surface area contributed by atoms with Gasteiger partial charge in [0.25, 0.3) is 0 Å². The Morgan fingerprint density at radius 1 is 1.27 bits per heavy atom. The van der Waals surface area contributed by atoms with Crippen LogP contribution in [0.25, 0.3) is 11.0 Å². The standard InChI is InChI=1S/C16H18N4O2/c1-10-12(9-19(3)18-10)16(21)22-11(2)15-17-13-7-5-6-8-14(13)20(15)4/h5-9,11H,1-4H3/t11-/m1/s1. The van der Waals surface area contributed by atoms with E-state index >= 15 is 0 Å². The summed E-state index contributed by atoms with van der Waals surface area (Å²) in [5.41, 5.74) is 3.04. The molecule has 0 saturated carbocycles. The van der Waals surface area contributed by atoms with Crippen molar-refractivity contribution in [1.82, 2.24) is 19.3 Å². The largest absolute Gasteiger partial charge is 0.451 e. The number of ether oxygens (including phenoxy) is 1. The molecular formula is C16H18N4O2. The second-order valence-corrected chi connectivity index (χ2v) is 5.37. The van der Waals surface area contributed by atoms with Crippen molar-refractivity contribution in [3.05, 3.63) is 47.5 Å². The third-order valence-corrected chi connectivity index (χ3v) is 3.70. The van der Waals surface area contributed by atoms with Crippen molar-refractivity contribution in [3.63, 3.8) is 0 Å². The first-order chi connectivity index (χ1) is 10.5. The minimum Gasteiger partial charge on any atom is -0.451 e. The van der Waals surface area contributed by atoms with Crippen LogP contribution >= 0.6 is 0 Å². The first-order valence-corrected chi connectivity index (χ1v) is 7.10. The highest BCUT2D eigenvalue weighted by Gasteiger charge is 2.21. The average molecular weight is 298 g/mol. The van der Waals surface area contributed by atoms with E-state index in [0.29, 0.717) is 11.3 Å². The number of aromatic nitrogens is 4. The van der Waals surface area contributed by atoms with Gasteiger partial charge < -0.3 is 9.30 Å². The number of imidazole rings is 1. The van der Waals surface area contributed by atoms with Crippen molar-refractivity contribution in [2.75, 3.05) is 0 Å². The quantitative estimate of drug-likeness (QED) is 0.697. The first kappa shape index (κ1) is 14.3. The van der Waals surface area contributed by atoms with Crippen LogP contribution in [-0.2, 0) is 18.8 Å². The minimum absolute atomic E-state index is 0.384. The Balaban J connectivity index is 1.87. The van der Waals surface area contributed by atoms with Crippen LogP contribution in [0, 0.1) is 6.92 Å². The predicted molar refractivity (Wildman–Crippen MR) is 82.5 cm³/mol. The lowest BCUT2D eigenvalue weighted by Crippen LogP contribution is -2.13. The molecule has 0 spiro atoms. The van der Waals surface area contributed by atoms with Crippen LogP contribution in [0.1, 0.15) is 34.9 Å². The topological polar surface area (TPSA) is 61.9 Å². The molecule has 1 atom stereocenters. The summed E-state index contributed by atoms with van der Waals surface area (Å²) >= 11 is 0. The molecule has 3 aromatic rings. The van der Waals surface area contributed by atoms with Crippen molar-refractivity contribution in [1.29, 1.82) is 0 Å². The Kier molecular flexibility index (Phi) is 3.44. The lowest BCUT2D eigenvalue weighted by Gasteiger charge is -2.12. The normalized spacial score (nSPS) is 12.5. The lowest BCUT2D eigenvalue weighted by molar-refractivity contribution is 0.0314. The van der Waals surface area contributed by atoms with Gasteiger partial charge in [-0.1, -0.05) is 12.1 Å². The van der Waals surface area contributed by atoms with Gasteiger partial charge in [-0.25, -0.2) is 9.78 Å². The van der Waals surface area contributed by atoms with Crippen LogP contribution in [0.5, 0.6) is 0 Å². The van der Waals surface area contributed by atoms with E-state index in [0.717, 1.165) is 16.9 Å². The molecule has 22 heavy (non-hydrogen) atoms. The number of esters is 1. The fourth-order valence-corrected chi connectivity index (χ4v) is 2.60. The molecule has 0 fully saturated rings. The van der Waals surface area contributed by atoms with E-state index in [1.165, 1.54) is 0 Å². The zero-order valence-electron chi connectivity index (χ0n) is 13.1. The Morgan fingerprint density at radius 2 is 2.00 bits per heavy atom. The Morgan fingerprint density at radius 3 is 2.64 bits per heavy atom. The van der Waals surface area contributed by atoms with Crippen LogP contribution in [0.15, 0.2) is 30.5 Å². The molecule has 0 amide bonds. The molecule has 2 aromatic heterocycles. The number of para-hydroxylation sites is 2. The Bertz CT molecular complexity index is 847. The summed E-state index contributed by atoms with van der Waals surface area (Å²) in [6.45, 7) is 3.61. The summed E-state index contributed by atoms with van der Waals surface area (Å²) in [4.78, 5) is 16.8. The summed E-state index contributed by atoms with van der Waals surface area (Å²) < 4.78 is 9.10. The smallest absolute Gasteiger partial charge is 0.342 e. The zero-order chi connectivity index (χ0) is 15.9. The molecule has 0 saturated heterocycles. The molecule has 114 valence electrons. The van der Waals surface area contributed by atoms with Crippen LogP contribution in [0.3, 0.4) is 0 Å². The highest BCUT2D eigenvalue weighted by molar-refractivity contribution is 5.90. The van der Waals surface area contributed by atoms with Gasteiger partial charge in [0.1, 0.15) is 5.56 Å². The molecule has 0 aliphatic carbocycles. The van der Waals surface area contributed by atoms with Crippen LogP contribution in [0.4, 0.5) is 0 Å². The van der Waals surface area contributed by atoms with Crippen molar-refractivity contribution in [2.45, 2.75) is 20.0 Å². The summed E-state index contributed by atoms with van der Waals surface area (Å²) in [7, 11) is 3.70. The highest BCUT2D eigenvalue weighted by atomic mass is 16.5. The van der Waals surface area contributed by atoms with Gasteiger partial charge in [0.15, 0.2) is 11.9 Å². The number of hydrogen-bond acceptors (Lipinski definition) is 4. The SMILES string of the molecule is Cc1nn(C)cc1C(=O)O[C@H](C)c1nc2ccccc2n1C. The van der Waals surface area contributed by atoms with Gasteiger partial charge in [-0.05, 0) is 26.0 Å². The minimum atomic E-state index is -0.440. The van der Waals surface area contributed by atoms with Gasteiger partial charge in [-0.3, -0.25) is 4.68 Å². The molecule has 0 aliphatic heterocycles. The number of hydrogen-bond donors (Lipinski definition) is 0. The second-order valence-electron chi connectivity index (χ2n) is 5.37. The summed E-state index contributed by atoms with van der Waals surface area (Å²) in [5, 5.41) is 4.16. The van der Waals surface area contributed by atoms with Crippen molar-refractivity contribution in [3.8, 4) is 0 Å². The fourth-order valence-electron chi connectivity index (χ4n) is 2.60. The van der Waals surface area contributed by atoms with Gasteiger partial charge in [-0.15, -0.1) is 0 Å². The number of carbonyl (C=O) groups is 1. The van der Waals surface area contributed by atoms with Crippen molar-refractivity contribution in [2.24, 2.45) is 14.1 Å². The molecule has 2 heterocycles. The van der Waals surface area contributed by atoms with E-state index in [2.05, 4.69) is 10.1 Å². The molecule has 0 aliphatic rings. The molecular weight excluding hydrogens is 280 g/mol. The maximum absolute atomic E-state index is 12.3. The van der Waals surface area contributed by atoms with Gasteiger partial charge in [0.2, 0.25) is 0 Å². The van der Waals surface area contributed by atoms with E-state index < -0.39 is 6.10 Å². The third kappa shape index (κ3) is 2.36. The fraction of sp³-hybridized carbons (Fsp3) is 0.312. The average Bonchev–Trinajstić information content (AvgIpc) is 2.99. The van der Waals surface area contributed by atoms with E-state index in [-0.39, 0.29) is 5.97 Å². The molecule has 0 N–H and O–H groups in total. The maximum atomic E-state index is 12.3. The molecule has 6 nitrogen and oxygen atoms in total. The van der Waals surface area contributed by atoms with Crippen LogP contribution in [0.2, 0.25) is 0 Å². The lowest BCUT2D eigenvalue weighted by atomic mass is 10.2. The van der Waals surface area contributed by atoms with E-state index in [9.17, 15) is 4.79 Å². The van der Waals surface area contributed by atoms with E-state index in [1.807, 2.05) is 42.8 Å². The number of fused-ring (bicyclic) bond motifs is 1. The van der Waals surface area contributed by atoms with Gasteiger partial charge in [0, 0.05) is 20.3 Å². The highest BCUT2D eigenvalue weighted by Crippen LogP contribution is 2.23. The van der Waals surface area contributed by atoms with Crippen LogP contribution in [-0.4, -0.2) is 25.3 Å². The van der Waals surface area contributed by atoms with Gasteiger partial charge in [0.05, 0.1) is 16.7 Å². The van der Waals surface area contributed by atoms with Crippen molar-refractivity contribution < 1.29 is 9.53 Å². The molecule has 1 aromatic carbocycles. The van der Waals surface area contributed by atoms with Gasteiger partial charge in [-0.2, -0.15) is 5.10 Å². The molecule has 3 rings (SSSR count). The zero-order valence-corrected chi connectivity index (χ0v) is 13.1. The Labute approximate surface area is 128 Å². The first-order valence-electron chi connectivity index (χ1n) is 7.10. The maximum Gasteiger partial charge on any atom is 0.342 e. The number of benzene rings is 1. The monoisotopic (exact) mass is 298 g/mol. The summed E-state index contributed by atoms with van der Waals surface area (Å²) in [5.74, 6) is 0.334. The van der Waals surface area contributed by atoms with Crippen molar-refractivity contribution >= 4 is 17.0 Å². The Hall–Kier alpha value is -2.63. The molecule has 0 radical (unpaired) electrons. The second kappa shape index (κ2) is 5.29. The van der Waals surface area contributed by atoms with Gasteiger partial charge >= 0.3 is 5.97 Å². The summed E-state index contributed by atoms with van der Waals surface area (Å²) in [6, 6.07) is 7.84. The number of aryl methyl sites for hydroxylation is 3. The molecule has 6 heteroatoms. The van der Waals surface area contributed by atoms with Crippen LogP contribution < -0.4 is 0 Å². The number of nitrogens with zero attached hydrogens (tertiary/aromatic N) is 4. The summed E-state index contributed by atoms with van der Waals surface area (Å²) in [6.07, 6.45) is 1.23. The number of rotatable bonds is 3. The molecule has 0 unspecified atom stereocenters. The third-order valence-electron chi connectivity index (χ3n) is 3.70. The number of carbonyl (C=O) groups excluding carboxylic acids is 1.